The molecule has 0 unspecified atom stereocenters. The maximum absolute atomic E-state index is 12.8. The van der Waals surface area contributed by atoms with Gasteiger partial charge in [0.2, 0.25) is 0 Å². The minimum atomic E-state index is -0.407. The third-order valence-corrected chi connectivity index (χ3v) is 3.51. The zero-order chi connectivity index (χ0) is 15.4. The van der Waals surface area contributed by atoms with E-state index in [1.54, 1.807) is 25.1 Å². The van der Waals surface area contributed by atoms with E-state index in [0.717, 1.165) is 0 Å². The van der Waals surface area contributed by atoms with E-state index in [4.69, 9.17) is 23.2 Å². The highest BCUT2D eigenvalue weighted by Crippen LogP contribution is 2.22. The first-order valence-electron chi connectivity index (χ1n) is 6.03. The quantitative estimate of drug-likeness (QED) is 0.664. The molecule has 0 saturated heterocycles. The van der Waals surface area contributed by atoms with Crippen LogP contribution in [-0.2, 0) is 0 Å². The third kappa shape index (κ3) is 4.03. The number of hydrazone groups is 1. The number of carbonyl (C=O) groups excluding carboxylic acids is 1. The topological polar surface area (TPSA) is 41.5 Å². The Kier molecular flexibility index (Phi) is 4.94. The second kappa shape index (κ2) is 6.70. The average molecular weight is 325 g/mol. The van der Waals surface area contributed by atoms with Crippen molar-refractivity contribution in [3.8, 4) is 0 Å². The number of hydrogen-bond acceptors (Lipinski definition) is 2. The molecule has 6 heteroatoms. The molecule has 0 aromatic heterocycles. The number of rotatable bonds is 3. The summed E-state index contributed by atoms with van der Waals surface area (Å²) in [6.45, 7) is 1.71. The number of nitrogens with zero attached hydrogens (tertiary/aromatic N) is 1. The molecule has 0 aliphatic rings. The average Bonchev–Trinajstić information content (AvgIpc) is 2.48. The van der Waals surface area contributed by atoms with E-state index in [2.05, 4.69) is 10.5 Å². The largest absolute Gasteiger partial charge is 0.271 e. The highest BCUT2D eigenvalue weighted by Gasteiger charge is 2.07. The summed E-state index contributed by atoms with van der Waals surface area (Å²) < 4.78 is 12.8. The first kappa shape index (κ1) is 15.5. The standard InChI is InChI=1S/C15H11Cl2FN2O/c1-9(10-2-5-12(18)6-3-10)19-20-15(21)11-4-7-13(16)14(17)8-11/h2-8H,1H3,(H,20,21). The fraction of sp³-hybridized carbons (Fsp3) is 0.0667. The molecular formula is C15H11Cl2FN2O. The fourth-order valence-electron chi connectivity index (χ4n) is 1.59. The zero-order valence-corrected chi connectivity index (χ0v) is 12.5. The molecule has 2 rings (SSSR count). The van der Waals surface area contributed by atoms with Gasteiger partial charge in [-0.25, -0.2) is 9.82 Å². The molecular weight excluding hydrogens is 314 g/mol. The normalized spacial score (nSPS) is 11.3. The van der Waals surface area contributed by atoms with Crippen LogP contribution in [0.1, 0.15) is 22.8 Å². The fourth-order valence-corrected chi connectivity index (χ4v) is 1.89. The minimum absolute atomic E-state index is 0.295. The van der Waals surface area contributed by atoms with Crippen LogP contribution in [0.5, 0.6) is 0 Å². The maximum Gasteiger partial charge on any atom is 0.271 e. The molecule has 0 radical (unpaired) electrons. The van der Waals surface area contributed by atoms with Crippen molar-refractivity contribution in [2.24, 2.45) is 5.10 Å². The Morgan fingerprint density at radius 1 is 1.05 bits per heavy atom. The Balaban J connectivity index is 2.10. The van der Waals surface area contributed by atoms with Gasteiger partial charge in [0, 0.05) is 5.56 Å². The number of amides is 1. The van der Waals surface area contributed by atoms with Gasteiger partial charge in [-0.1, -0.05) is 35.3 Å². The summed E-state index contributed by atoms with van der Waals surface area (Å²) in [7, 11) is 0. The predicted octanol–water partition coefficient (Wildman–Crippen LogP) is 4.29. The van der Waals surface area contributed by atoms with Gasteiger partial charge in [0.1, 0.15) is 5.82 Å². The number of benzene rings is 2. The van der Waals surface area contributed by atoms with E-state index in [-0.39, 0.29) is 5.82 Å². The summed E-state index contributed by atoms with van der Waals surface area (Å²) >= 11 is 11.6. The molecule has 108 valence electrons. The first-order chi connectivity index (χ1) is 9.97. The second-order valence-electron chi connectivity index (χ2n) is 4.27. The highest BCUT2D eigenvalue weighted by atomic mass is 35.5. The summed E-state index contributed by atoms with van der Waals surface area (Å²) in [5, 5.41) is 4.64. The smallest absolute Gasteiger partial charge is 0.267 e. The van der Waals surface area contributed by atoms with Crippen molar-refractivity contribution in [2.75, 3.05) is 0 Å². The van der Waals surface area contributed by atoms with Crippen molar-refractivity contribution >= 4 is 34.8 Å². The van der Waals surface area contributed by atoms with Crippen LogP contribution < -0.4 is 5.43 Å². The molecule has 0 heterocycles. The Bertz CT molecular complexity index is 699. The van der Waals surface area contributed by atoms with Crippen LogP contribution in [0.3, 0.4) is 0 Å². The lowest BCUT2D eigenvalue weighted by Crippen LogP contribution is -2.19. The van der Waals surface area contributed by atoms with Crippen molar-refractivity contribution in [1.82, 2.24) is 5.43 Å². The van der Waals surface area contributed by atoms with E-state index in [1.807, 2.05) is 0 Å². The number of halogens is 3. The van der Waals surface area contributed by atoms with Gasteiger partial charge in [-0.05, 0) is 42.8 Å². The summed E-state index contributed by atoms with van der Waals surface area (Å²) in [6, 6.07) is 10.4. The van der Waals surface area contributed by atoms with Gasteiger partial charge in [0.05, 0.1) is 15.8 Å². The number of hydrogen-bond donors (Lipinski definition) is 1. The van der Waals surface area contributed by atoms with Crippen molar-refractivity contribution in [3.63, 3.8) is 0 Å². The zero-order valence-electron chi connectivity index (χ0n) is 11.0. The van der Waals surface area contributed by atoms with Crippen LogP contribution in [0.25, 0.3) is 0 Å². The van der Waals surface area contributed by atoms with Gasteiger partial charge in [-0.3, -0.25) is 4.79 Å². The van der Waals surface area contributed by atoms with Crippen molar-refractivity contribution in [1.29, 1.82) is 0 Å². The monoisotopic (exact) mass is 324 g/mol. The molecule has 2 aromatic carbocycles. The molecule has 3 nitrogen and oxygen atoms in total. The lowest BCUT2D eigenvalue weighted by molar-refractivity contribution is 0.0955. The Morgan fingerprint density at radius 3 is 2.29 bits per heavy atom. The molecule has 1 N–H and O–H groups in total. The third-order valence-electron chi connectivity index (χ3n) is 2.77. The molecule has 0 atom stereocenters. The van der Waals surface area contributed by atoms with Crippen molar-refractivity contribution in [2.45, 2.75) is 6.92 Å². The van der Waals surface area contributed by atoms with Gasteiger partial charge < -0.3 is 0 Å². The number of nitrogens with one attached hydrogen (secondary N) is 1. The summed E-state index contributed by atoms with van der Waals surface area (Å²) in [5.74, 6) is -0.735. The van der Waals surface area contributed by atoms with E-state index < -0.39 is 5.91 Å². The van der Waals surface area contributed by atoms with Crippen LogP contribution in [0.2, 0.25) is 10.0 Å². The number of carbonyl (C=O) groups is 1. The Morgan fingerprint density at radius 2 is 1.67 bits per heavy atom. The molecule has 2 aromatic rings. The van der Waals surface area contributed by atoms with Gasteiger partial charge in [0.15, 0.2) is 0 Å². The van der Waals surface area contributed by atoms with E-state index in [9.17, 15) is 9.18 Å². The molecule has 0 aliphatic carbocycles. The van der Waals surface area contributed by atoms with Crippen molar-refractivity contribution < 1.29 is 9.18 Å². The highest BCUT2D eigenvalue weighted by molar-refractivity contribution is 6.42. The summed E-state index contributed by atoms with van der Waals surface area (Å²) in [6.07, 6.45) is 0. The molecule has 21 heavy (non-hydrogen) atoms. The maximum atomic E-state index is 12.8. The van der Waals surface area contributed by atoms with Crippen LogP contribution in [-0.4, -0.2) is 11.6 Å². The van der Waals surface area contributed by atoms with E-state index in [1.165, 1.54) is 24.3 Å². The van der Waals surface area contributed by atoms with Gasteiger partial charge >= 0.3 is 0 Å². The SMILES string of the molecule is CC(=NNC(=O)c1ccc(Cl)c(Cl)c1)c1ccc(F)cc1. The Labute approximate surface area is 131 Å². The Hall–Kier alpha value is -1.91. The minimum Gasteiger partial charge on any atom is -0.267 e. The lowest BCUT2D eigenvalue weighted by Gasteiger charge is -2.04. The molecule has 1 amide bonds. The van der Waals surface area contributed by atoms with E-state index in [0.29, 0.717) is 26.9 Å². The molecule has 0 bridgehead atoms. The molecule has 0 spiro atoms. The molecule has 0 saturated carbocycles. The first-order valence-corrected chi connectivity index (χ1v) is 6.78. The van der Waals surface area contributed by atoms with Gasteiger partial charge in [0.25, 0.3) is 5.91 Å². The van der Waals surface area contributed by atoms with Crippen LogP contribution in [0.4, 0.5) is 4.39 Å². The molecule has 0 fully saturated rings. The summed E-state index contributed by atoms with van der Waals surface area (Å²) in [5.41, 5.74) is 4.03. The molecule has 0 aliphatic heterocycles. The van der Waals surface area contributed by atoms with Crippen LogP contribution >= 0.6 is 23.2 Å². The van der Waals surface area contributed by atoms with E-state index >= 15 is 0 Å². The van der Waals surface area contributed by atoms with Crippen LogP contribution in [0.15, 0.2) is 47.6 Å². The van der Waals surface area contributed by atoms with Gasteiger partial charge in [-0.2, -0.15) is 5.10 Å². The van der Waals surface area contributed by atoms with Crippen molar-refractivity contribution in [3.05, 3.63) is 69.5 Å². The van der Waals surface area contributed by atoms with Crippen LogP contribution in [0, 0.1) is 5.82 Å². The second-order valence-corrected chi connectivity index (χ2v) is 5.09. The van der Waals surface area contributed by atoms with Gasteiger partial charge in [-0.15, -0.1) is 0 Å². The predicted molar refractivity (Wildman–Crippen MR) is 82.5 cm³/mol. The lowest BCUT2D eigenvalue weighted by atomic mass is 10.1. The summed E-state index contributed by atoms with van der Waals surface area (Å²) in [4.78, 5) is 11.9.